The summed E-state index contributed by atoms with van der Waals surface area (Å²) < 4.78 is 10.7. The van der Waals surface area contributed by atoms with Crippen LogP contribution in [-0.2, 0) is 4.79 Å². The number of ketones is 1. The molecule has 1 N–H and O–H groups in total. The summed E-state index contributed by atoms with van der Waals surface area (Å²) in [4.78, 5) is 22.8. The quantitative estimate of drug-likeness (QED) is 0.879. The molecular weight excluding hydrogens is 296 g/mol. The summed E-state index contributed by atoms with van der Waals surface area (Å²) in [5.41, 5.74) is 2.44. The van der Waals surface area contributed by atoms with Gasteiger partial charge in [-0.15, -0.1) is 0 Å². The van der Waals surface area contributed by atoms with Crippen LogP contribution in [0.2, 0.25) is 0 Å². The normalized spacial score (nSPS) is 14.5. The van der Waals surface area contributed by atoms with Crippen molar-refractivity contribution in [3.8, 4) is 11.5 Å². The van der Waals surface area contributed by atoms with Gasteiger partial charge in [-0.1, -0.05) is 29.8 Å². The molecule has 0 atom stereocenters. The minimum atomic E-state index is -1.07. The summed E-state index contributed by atoms with van der Waals surface area (Å²) >= 11 is 0. The van der Waals surface area contributed by atoms with E-state index >= 15 is 0 Å². The zero-order chi connectivity index (χ0) is 16.4. The van der Waals surface area contributed by atoms with Crippen LogP contribution in [0.1, 0.15) is 21.5 Å². The maximum atomic E-state index is 12.3. The third-order valence-electron chi connectivity index (χ3n) is 3.38. The molecule has 2 aromatic rings. The van der Waals surface area contributed by atoms with Gasteiger partial charge in [-0.2, -0.15) is 0 Å². The molecule has 23 heavy (non-hydrogen) atoms. The van der Waals surface area contributed by atoms with E-state index in [9.17, 15) is 9.59 Å². The summed E-state index contributed by atoms with van der Waals surface area (Å²) in [5.74, 6) is -0.321. The van der Waals surface area contributed by atoms with Crippen molar-refractivity contribution >= 4 is 17.8 Å². The largest absolute Gasteiger partial charge is 0.482 e. The average molecular weight is 310 g/mol. The first kappa shape index (κ1) is 14.8. The number of allylic oxidation sites excluding steroid dienone is 1. The molecule has 0 aromatic heterocycles. The van der Waals surface area contributed by atoms with Crippen LogP contribution in [0.3, 0.4) is 0 Å². The van der Waals surface area contributed by atoms with Crippen molar-refractivity contribution in [2.75, 3.05) is 6.61 Å². The van der Waals surface area contributed by atoms with Gasteiger partial charge in [0.2, 0.25) is 5.78 Å². The van der Waals surface area contributed by atoms with Crippen LogP contribution in [0.15, 0.2) is 48.2 Å². The minimum absolute atomic E-state index is 0.203. The van der Waals surface area contributed by atoms with Gasteiger partial charge in [-0.05, 0) is 30.7 Å². The number of carboxylic acids is 1. The monoisotopic (exact) mass is 310 g/mol. The highest BCUT2D eigenvalue weighted by atomic mass is 16.5. The number of benzene rings is 2. The molecule has 1 aliphatic heterocycles. The molecule has 5 nitrogen and oxygen atoms in total. The molecule has 0 saturated carbocycles. The number of aliphatic carboxylic acids is 1. The Bertz CT molecular complexity index is 803. The van der Waals surface area contributed by atoms with E-state index in [0.29, 0.717) is 17.1 Å². The second-order valence-electron chi connectivity index (χ2n) is 5.19. The second kappa shape index (κ2) is 5.96. The number of Topliss-reactive ketones (excluding diaryl/α,β-unsaturated/α-hetero) is 1. The number of carbonyl (C=O) groups excluding carboxylic acids is 1. The lowest BCUT2D eigenvalue weighted by Gasteiger charge is -2.04. The van der Waals surface area contributed by atoms with Crippen LogP contribution in [0.4, 0.5) is 0 Å². The van der Waals surface area contributed by atoms with Crippen molar-refractivity contribution in [2.24, 2.45) is 0 Å². The number of hydrogen-bond acceptors (Lipinski definition) is 4. The summed E-state index contributed by atoms with van der Waals surface area (Å²) in [6, 6.07) is 12.4. The van der Waals surface area contributed by atoms with Crippen molar-refractivity contribution in [1.29, 1.82) is 0 Å². The first-order valence-electron chi connectivity index (χ1n) is 7.02. The van der Waals surface area contributed by atoms with E-state index < -0.39 is 12.6 Å². The smallest absolute Gasteiger partial charge is 0.341 e. The Balaban J connectivity index is 1.83. The fourth-order valence-corrected chi connectivity index (χ4v) is 2.22. The first-order chi connectivity index (χ1) is 11.0. The predicted molar refractivity (Wildman–Crippen MR) is 83.7 cm³/mol. The van der Waals surface area contributed by atoms with Gasteiger partial charge in [0.15, 0.2) is 12.4 Å². The number of rotatable bonds is 4. The summed E-state index contributed by atoms with van der Waals surface area (Å²) in [6.45, 7) is 1.54. The van der Waals surface area contributed by atoms with E-state index in [1.807, 2.05) is 31.2 Å². The van der Waals surface area contributed by atoms with E-state index in [2.05, 4.69) is 0 Å². The molecule has 0 spiro atoms. The van der Waals surface area contributed by atoms with Crippen LogP contribution < -0.4 is 9.47 Å². The standard InChI is InChI=1S/C18H14O5/c1-11-2-4-12(5-3-11)8-16-18(21)14-7-6-13(9-15(14)23-16)22-10-17(19)20/h2-9H,10H2,1H3,(H,19,20)/b16-8+. The molecule has 2 aromatic carbocycles. The number of aryl methyl sites for hydroxylation is 1. The molecule has 5 heteroatoms. The Morgan fingerprint density at radius 2 is 1.96 bits per heavy atom. The first-order valence-corrected chi connectivity index (χ1v) is 7.02. The molecule has 1 aliphatic rings. The Hall–Kier alpha value is -3.08. The predicted octanol–water partition coefficient (Wildman–Crippen LogP) is 3.07. The minimum Gasteiger partial charge on any atom is -0.482 e. The highest BCUT2D eigenvalue weighted by Gasteiger charge is 2.27. The lowest BCUT2D eigenvalue weighted by Crippen LogP contribution is -2.09. The number of carbonyl (C=O) groups is 2. The number of hydrogen-bond donors (Lipinski definition) is 1. The van der Waals surface area contributed by atoms with Gasteiger partial charge in [0.1, 0.15) is 11.5 Å². The van der Waals surface area contributed by atoms with Crippen molar-refractivity contribution in [1.82, 2.24) is 0 Å². The van der Waals surface area contributed by atoms with Crippen LogP contribution in [-0.4, -0.2) is 23.5 Å². The zero-order valence-electron chi connectivity index (χ0n) is 12.4. The maximum absolute atomic E-state index is 12.3. The van der Waals surface area contributed by atoms with Crippen LogP contribution in [0.5, 0.6) is 11.5 Å². The highest BCUT2D eigenvalue weighted by molar-refractivity contribution is 6.14. The number of ether oxygens (including phenoxy) is 2. The highest BCUT2D eigenvalue weighted by Crippen LogP contribution is 2.34. The summed E-state index contributed by atoms with van der Waals surface area (Å²) in [6.07, 6.45) is 1.68. The van der Waals surface area contributed by atoms with E-state index in [1.54, 1.807) is 18.2 Å². The van der Waals surface area contributed by atoms with Gasteiger partial charge in [0.05, 0.1) is 5.56 Å². The number of carboxylic acid groups (broad SMARTS) is 1. The van der Waals surface area contributed by atoms with Gasteiger partial charge < -0.3 is 14.6 Å². The van der Waals surface area contributed by atoms with Crippen molar-refractivity contribution < 1.29 is 24.2 Å². The Morgan fingerprint density at radius 3 is 2.65 bits per heavy atom. The van der Waals surface area contributed by atoms with E-state index in [1.165, 1.54) is 6.07 Å². The van der Waals surface area contributed by atoms with Crippen molar-refractivity contribution in [2.45, 2.75) is 6.92 Å². The van der Waals surface area contributed by atoms with E-state index in [4.69, 9.17) is 14.6 Å². The Kier molecular flexibility index (Phi) is 3.85. The Morgan fingerprint density at radius 1 is 1.22 bits per heavy atom. The van der Waals surface area contributed by atoms with Gasteiger partial charge in [-0.25, -0.2) is 4.79 Å². The van der Waals surface area contributed by atoms with Crippen LogP contribution in [0, 0.1) is 6.92 Å². The van der Waals surface area contributed by atoms with Gasteiger partial charge >= 0.3 is 5.97 Å². The molecule has 0 aliphatic carbocycles. The molecule has 0 saturated heterocycles. The van der Waals surface area contributed by atoms with Gasteiger partial charge in [0.25, 0.3) is 0 Å². The van der Waals surface area contributed by atoms with Crippen LogP contribution in [0.25, 0.3) is 6.08 Å². The third kappa shape index (κ3) is 3.23. The molecule has 1 heterocycles. The zero-order valence-corrected chi connectivity index (χ0v) is 12.4. The fourth-order valence-electron chi connectivity index (χ4n) is 2.22. The van der Waals surface area contributed by atoms with Gasteiger partial charge in [0, 0.05) is 6.07 Å². The van der Waals surface area contributed by atoms with Gasteiger partial charge in [-0.3, -0.25) is 4.79 Å². The number of fused-ring (bicyclic) bond motifs is 1. The fraction of sp³-hybridized carbons (Fsp3) is 0.111. The average Bonchev–Trinajstić information content (AvgIpc) is 2.83. The van der Waals surface area contributed by atoms with Crippen LogP contribution >= 0.6 is 0 Å². The lowest BCUT2D eigenvalue weighted by molar-refractivity contribution is -0.139. The van der Waals surface area contributed by atoms with Crippen molar-refractivity contribution in [3.05, 3.63) is 64.9 Å². The van der Waals surface area contributed by atoms with Crippen molar-refractivity contribution in [3.63, 3.8) is 0 Å². The second-order valence-corrected chi connectivity index (χ2v) is 5.19. The topological polar surface area (TPSA) is 72.8 Å². The Labute approximate surface area is 132 Å². The molecule has 0 amide bonds. The third-order valence-corrected chi connectivity index (χ3v) is 3.38. The molecule has 0 fully saturated rings. The maximum Gasteiger partial charge on any atom is 0.341 e. The van der Waals surface area contributed by atoms with E-state index in [0.717, 1.165) is 11.1 Å². The molecule has 0 bridgehead atoms. The molecule has 116 valence electrons. The lowest BCUT2D eigenvalue weighted by atomic mass is 10.1. The van der Waals surface area contributed by atoms with E-state index in [-0.39, 0.29) is 11.5 Å². The molecule has 0 unspecified atom stereocenters. The SMILES string of the molecule is Cc1ccc(/C=C2/Oc3cc(OCC(=O)O)ccc3C2=O)cc1. The summed E-state index contributed by atoms with van der Waals surface area (Å²) in [5, 5.41) is 8.62. The summed E-state index contributed by atoms with van der Waals surface area (Å²) in [7, 11) is 0. The molecule has 3 rings (SSSR count). The molecule has 0 radical (unpaired) electrons. The molecular formula is C18H14O5.